The number of likely N-dealkylation sites (N-methyl/N-ethyl adjacent to an activating group) is 1. The molecule has 1 atom stereocenters. The summed E-state index contributed by atoms with van der Waals surface area (Å²) >= 11 is 1.49. The van der Waals surface area contributed by atoms with E-state index in [1.54, 1.807) is 22.0 Å². The minimum atomic E-state index is -0.625. The van der Waals surface area contributed by atoms with Crippen molar-refractivity contribution in [1.82, 2.24) is 4.90 Å². The minimum absolute atomic E-state index is 0.00195. The van der Waals surface area contributed by atoms with Crippen molar-refractivity contribution in [2.45, 2.75) is 24.9 Å². The molecule has 1 aromatic carbocycles. The molecule has 0 radical (unpaired) electrons. The zero-order valence-electron chi connectivity index (χ0n) is 15.2. The molecule has 2 aliphatic heterocycles. The number of rotatable bonds is 3. The average molecular weight is 382 g/mol. The highest BCUT2D eigenvalue weighted by Crippen LogP contribution is 2.46. The normalized spacial score (nSPS) is 22.1. The van der Waals surface area contributed by atoms with Gasteiger partial charge in [-0.3, -0.25) is 9.59 Å². The molecular weight excluding hydrogens is 360 g/mol. The van der Waals surface area contributed by atoms with E-state index in [1.807, 2.05) is 42.8 Å². The molecule has 6 heteroatoms. The molecule has 0 aliphatic carbocycles. The molecule has 1 fully saturated rings. The van der Waals surface area contributed by atoms with Crippen LogP contribution in [0.15, 0.2) is 41.8 Å². The molecule has 2 aromatic rings. The van der Waals surface area contributed by atoms with Gasteiger partial charge >= 0.3 is 0 Å². The highest BCUT2D eigenvalue weighted by molar-refractivity contribution is 7.11. The number of aliphatic hydroxyl groups excluding tert-OH is 1. The average Bonchev–Trinajstić information content (AvgIpc) is 3.25. The van der Waals surface area contributed by atoms with Crippen LogP contribution in [0.5, 0.6) is 0 Å². The van der Waals surface area contributed by atoms with E-state index in [-0.39, 0.29) is 18.4 Å². The number of para-hydroxylation sites is 1. The smallest absolute Gasteiger partial charge is 0.246 e. The molecule has 0 bridgehead atoms. The molecule has 2 amide bonds. The Hall–Kier alpha value is -2.44. The van der Waals surface area contributed by atoms with Gasteiger partial charge in [-0.15, -0.1) is 11.3 Å². The summed E-state index contributed by atoms with van der Waals surface area (Å²) < 4.78 is 0. The summed E-state index contributed by atoms with van der Waals surface area (Å²) in [5.74, 6) is 0.00359. The molecule has 2 aliphatic rings. The van der Waals surface area contributed by atoms with Crippen LogP contribution < -0.4 is 4.90 Å². The zero-order chi connectivity index (χ0) is 19.0. The summed E-state index contributed by atoms with van der Waals surface area (Å²) in [4.78, 5) is 30.3. The van der Waals surface area contributed by atoms with Gasteiger partial charge < -0.3 is 14.9 Å². The highest BCUT2D eigenvalue weighted by Gasteiger charge is 2.52. The monoisotopic (exact) mass is 382 g/mol. The maximum Gasteiger partial charge on any atom is 0.246 e. The Morgan fingerprint density at radius 2 is 2.19 bits per heavy atom. The second-order valence-electron chi connectivity index (χ2n) is 7.18. The summed E-state index contributed by atoms with van der Waals surface area (Å²) in [7, 11) is 1.81. The maximum atomic E-state index is 13.1. The van der Waals surface area contributed by atoms with E-state index in [1.165, 1.54) is 11.3 Å². The molecule has 1 saturated heterocycles. The topological polar surface area (TPSA) is 60.9 Å². The third kappa shape index (κ3) is 2.99. The van der Waals surface area contributed by atoms with Crippen molar-refractivity contribution in [3.05, 3.63) is 57.8 Å². The van der Waals surface area contributed by atoms with Gasteiger partial charge in [0.25, 0.3) is 0 Å². The van der Waals surface area contributed by atoms with Gasteiger partial charge in [0, 0.05) is 36.8 Å². The van der Waals surface area contributed by atoms with Crippen LogP contribution in [-0.4, -0.2) is 42.0 Å². The first kappa shape index (κ1) is 17.9. The number of amides is 2. The first-order chi connectivity index (χ1) is 13.0. The fourth-order valence-electron chi connectivity index (χ4n) is 4.18. The molecule has 140 valence electrons. The Balaban J connectivity index is 1.56. The van der Waals surface area contributed by atoms with Crippen molar-refractivity contribution in [3.63, 3.8) is 0 Å². The molecule has 0 saturated carbocycles. The Labute approximate surface area is 162 Å². The number of carbonyl (C=O) groups is 2. The third-order valence-electron chi connectivity index (χ3n) is 5.55. The molecule has 27 heavy (non-hydrogen) atoms. The minimum Gasteiger partial charge on any atom is -0.392 e. The van der Waals surface area contributed by atoms with Crippen LogP contribution in [0.3, 0.4) is 0 Å². The lowest BCUT2D eigenvalue weighted by atomic mass is 9.75. The van der Waals surface area contributed by atoms with Gasteiger partial charge in [0.2, 0.25) is 11.8 Å². The predicted octanol–water partition coefficient (Wildman–Crippen LogP) is 2.79. The number of thiophene rings is 1. The summed E-state index contributed by atoms with van der Waals surface area (Å²) in [5.41, 5.74) is 2.20. The van der Waals surface area contributed by atoms with Crippen LogP contribution >= 0.6 is 11.3 Å². The number of aliphatic hydroxyl groups is 1. The molecular formula is C21H22N2O3S. The Bertz CT molecular complexity index is 920. The van der Waals surface area contributed by atoms with E-state index in [2.05, 4.69) is 0 Å². The van der Waals surface area contributed by atoms with Crippen LogP contribution in [-0.2, 0) is 21.6 Å². The van der Waals surface area contributed by atoms with Gasteiger partial charge in [0.05, 0.1) is 12.0 Å². The highest BCUT2D eigenvalue weighted by atomic mass is 32.1. The molecule has 4 rings (SSSR count). The Morgan fingerprint density at radius 3 is 2.96 bits per heavy atom. The van der Waals surface area contributed by atoms with E-state index in [0.29, 0.717) is 13.1 Å². The molecule has 1 aromatic heterocycles. The number of piperidine rings is 1. The van der Waals surface area contributed by atoms with Gasteiger partial charge in [-0.1, -0.05) is 18.2 Å². The second kappa shape index (κ2) is 6.94. The number of anilines is 1. The van der Waals surface area contributed by atoms with Gasteiger partial charge in [-0.2, -0.15) is 0 Å². The second-order valence-corrected chi connectivity index (χ2v) is 8.12. The number of benzene rings is 1. The number of nitrogens with zero attached hydrogens (tertiary/aromatic N) is 2. The summed E-state index contributed by atoms with van der Waals surface area (Å²) in [5, 5.41) is 11.0. The number of hydrogen-bond acceptors (Lipinski definition) is 4. The number of hydrogen-bond donors (Lipinski definition) is 1. The molecule has 3 heterocycles. The fourth-order valence-corrected chi connectivity index (χ4v) is 4.97. The number of fused-ring (bicyclic) bond motifs is 2. The van der Waals surface area contributed by atoms with Crippen molar-refractivity contribution in [2.75, 3.05) is 25.0 Å². The Morgan fingerprint density at radius 1 is 1.37 bits per heavy atom. The van der Waals surface area contributed by atoms with Crippen molar-refractivity contribution >= 4 is 34.9 Å². The molecule has 1 N–H and O–H groups in total. The van der Waals surface area contributed by atoms with Crippen LogP contribution in [0.25, 0.3) is 6.08 Å². The maximum absolute atomic E-state index is 13.1. The molecule has 1 spiro atoms. The summed E-state index contributed by atoms with van der Waals surface area (Å²) in [6.45, 7) is 1.08. The van der Waals surface area contributed by atoms with Crippen molar-refractivity contribution in [1.29, 1.82) is 0 Å². The first-order valence-corrected chi connectivity index (χ1v) is 9.96. The number of carbonyl (C=O) groups excluding carboxylic acids is 2. The van der Waals surface area contributed by atoms with Gasteiger partial charge in [-0.05, 0) is 47.6 Å². The summed E-state index contributed by atoms with van der Waals surface area (Å²) in [6.07, 6.45) is 4.93. The van der Waals surface area contributed by atoms with Crippen LogP contribution in [0, 0.1) is 0 Å². The van der Waals surface area contributed by atoms with Crippen LogP contribution in [0.2, 0.25) is 0 Å². The quantitative estimate of drug-likeness (QED) is 0.831. The lowest BCUT2D eigenvalue weighted by Gasteiger charge is -2.39. The van der Waals surface area contributed by atoms with E-state index < -0.39 is 5.41 Å². The van der Waals surface area contributed by atoms with Crippen molar-refractivity contribution in [2.24, 2.45) is 0 Å². The largest absolute Gasteiger partial charge is 0.392 e. The van der Waals surface area contributed by atoms with Crippen molar-refractivity contribution in [3.8, 4) is 0 Å². The van der Waals surface area contributed by atoms with Crippen LogP contribution in [0.4, 0.5) is 5.69 Å². The van der Waals surface area contributed by atoms with Gasteiger partial charge in [-0.25, -0.2) is 0 Å². The van der Waals surface area contributed by atoms with E-state index in [4.69, 9.17) is 5.11 Å². The summed E-state index contributed by atoms with van der Waals surface area (Å²) in [6, 6.07) is 9.76. The van der Waals surface area contributed by atoms with Crippen LogP contribution in [0.1, 0.15) is 28.8 Å². The van der Waals surface area contributed by atoms with Gasteiger partial charge in [0.15, 0.2) is 0 Å². The SMILES string of the molecule is CN1C(=O)C2(CCCN(C(=O)C=Cc3cc(CO)cs3)C2)c2ccccc21. The van der Waals surface area contributed by atoms with Gasteiger partial charge in [0.1, 0.15) is 0 Å². The fraction of sp³-hybridized carbons (Fsp3) is 0.333. The zero-order valence-corrected chi connectivity index (χ0v) is 16.0. The van der Waals surface area contributed by atoms with E-state index >= 15 is 0 Å². The van der Waals surface area contributed by atoms with E-state index in [9.17, 15) is 9.59 Å². The Kier molecular flexibility index (Phi) is 4.61. The predicted molar refractivity (Wildman–Crippen MR) is 107 cm³/mol. The molecule has 5 nitrogen and oxygen atoms in total. The standard InChI is InChI=1S/C21H22N2O3S/c1-22-18-6-3-2-5-17(18)21(20(22)26)9-4-10-23(14-21)19(25)8-7-16-11-15(12-24)13-27-16/h2-3,5-8,11,13,24H,4,9-10,12,14H2,1H3. The first-order valence-electron chi connectivity index (χ1n) is 9.08. The number of likely N-dealkylation sites (tertiary alicyclic amines) is 1. The lowest BCUT2D eigenvalue weighted by molar-refractivity contribution is -0.132. The third-order valence-corrected chi connectivity index (χ3v) is 6.49. The molecule has 1 unspecified atom stereocenters. The van der Waals surface area contributed by atoms with E-state index in [0.717, 1.165) is 34.5 Å². The van der Waals surface area contributed by atoms with Crippen molar-refractivity contribution < 1.29 is 14.7 Å². The lowest BCUT2D eigenvalue weighted by Crippen LogP contribution is -2.52.